The molecule has 0 amide bonds. The first-order valence-corrected chi connectivity index (χ1v) is 4.87. The first kappa shape index (κ1) is 8.48. The van der Waals surface area contributed by atoms with Gasteiger partial charge in [-0.15, -0.1) is 0 Å². The largest absolute Gasteiger partial charge is 0.313 e. The van der Waals surface area contributed by atoms with E-state index in [1.165, 1.54) is 19.5 Å². The predicted molar refractivity (Wildman–Crippen MR) is 50.3 cm³/mol. The van der Waals surface area contributed by atoms with Gasteiger partial charge in [0.05, 0.1) is 0 Å². The van der Waals surface area contributed by atoms with Crippen molar-refractivity contribution >= 4 is 0 Å². The molecule has 0 bridgehead atoms. The average molecular weight is 169 g/mol. The molecule has 0 saturated carbocycles. The lowest BCUT2D eigenvalue weighted by atomic mass is 9.95. The lowest BCUT2D eigenvalue weighted by Gasteiger charge is -2.39. The van der Waals surface area contributed by atoms with Crippen molar-refractivity contribution in [2.75, 3.05) is 33.2 Å². The van der Waals surface area contributed by atoms with Crippen LogP contribution in [0.3, 0.4) is 0 Å². The van der Waals surface area contributed by atoms with Gasteiger partial charge in [0.2, 0.25) is 0 Å². The summed E-state index contributed by atoms with van der Waals surface area (Å²) in [7, 11) is 2.20. The number of likely N-dealkylation sites (tertiary alicyclic amines) is 1. The van der Waals surface area contributed by atoms with E-state index in [-0.39, 0.29) is 0 Å². The van der Waals surface area contributed by atoms with Gasteiger partial charge in [0.1, 0.15) is 0 Å². The van der Waals surface area contributed by atoms with Gasteiger partial charge in [-0.25, -0.2) is 0 Å². The molecule has 0 aromatic rings. The summed E-state index contributed by atoms with van der Waals surface area (Å²) in [6.45, 7) is 6.95. The van der Waals surface area contributed by atoms with E-state index < -0.39 is 0 Å². The van der Waals surface area contributed by atoms with Crippen LogP contribution in [0, 0.1) is 0 Å². The molecule has 2 aliphatic heterocycles. The summed E-state index contributed by atoms with van der Waals surface area (Å²) >= 11 is 0. The molecule has 0 aromatic heterocycles. The molecule has 70 valence electrons. The van der Waals surface area contributed by atoms with Crippen LogP contribution in [0.25, 0.3) is 0 Å². The maximum absolute atomic E-state index is 3.72. The normalized spacial score (nSPS) is 44.0. The van der Waals surface area contributed by atoms with Gasteiger partial charge in [0, 0.05) is 31.2 Å². The first-order valence-electron chi connectivity index (χ1n) is 4.87. The van der Waals surface area contributed by atoms with E-state index in [0.29, 0.717) is 11.6 Å². The van der Waals surface area contributed by atoms with Crippen molar-refractivity contribution in [3.05, 3.63) is 0 Å². The molecule has 0 radical (unpaired) electrons. The quantitative estimate of drug-likeness (QED) is 0.519. The van der Waals surface area contributed by atoms with Crippen molar-refractivity contribution < 1.29 is 0 Å². The topological polar surface area (TPSA) is 27.3 Å². The van der Waals surface area contributed by atoms with E-state index >= 15 is 0 Å². The van der Waals surface area contributed by atoms with E-state index in [0.717, 1.165) is 13.1 Å². The molecule has 2 N–H and O–H groups in total. The highest BCUT2D eigenvalue weighted by molar-refractivity contribution is 5.02. The molecule has 3 heteroatoms. The summed E-state index contributed by atoms with van der Waals surface area (Å²) in [5.74, 6) is 0. The molecule has 2 atom stereocenters. The maximum atomic E-state index is 3.72. The number of nitrogens with one attached hydrogen (secondary N) is 2. The molecular formula is C9H19N3. The summed E-state index contributed by atoms with van der Waals surface area (Å²) in [5.41, 5.74) is 0.381. The number of hydrogen-bond acceptors (Lipinski definition) is 3. The summed E-state index contributed by atoms with van der Waals surface area (Å²) in [4.78, 5) is 2.41. The second kappa shape index (κ2) is 2.98. The Kier molecular flexibility index (Phi) is 2.10. The zero-order valence-electron chi connectivity index (χ0n) is 8.06. The molecule has 3 nitrogen and oxygen atoms in total. The van der Waals surface area contributed by atoms with E-state index in [1.807, 2.05) is 0 Å². The van der Waals surface area contributed by atoms with Gasteiger partial charge in [-0.3, -0.25) is 0 Å². The van der Waals surface area contributed by atoms with Gasteiger partial charge in [0.15, 0.2) is 0 Å². The maximum Gasteiger partial charge on any atom is 0.0449 e. The van der Waals surface area contributed by atoms with Crippen LogP contribution in [0.5, 0.6) is 0 Å². The Morgan fingerprint density at radius 3 is 2.92 bits per heavy atom. The van der Waals surface area contributed by atoms with Gasteiger partial charge in [-0.2, -0.15) is 0 Å². The van der Waals surface area contributed by atoms with E-state index in [2.05, 4.69) is 29.5 Å². The van der Waals surface area contributed by atoms with E-state index in [9.17, 15) is 0 Å². The van der Waals surface area contributed by atoms with Crippen molar-refractivity contribution in [1.29, 1.82) is 0 Å². The second-order valence-corrected chi connectivity index (χ2v) is 4.44. The van der Waals surface area contributed by atoms with Crippen molar-refractivity contribution in [3.8, 4) is 0 Å². The molecule has 2 saturated heterocycles. The highest BCUT2D eigenvalue weighted by Gasteiger charge is 2.39. The Morgan fingerprint density at radius 2 is 2.33 bits per heavy atom. The first-order chi connectivity index (χ1) is 5.70. The third kappa shape index (κ3) is 1.49. The van der Waals surface area contributed by atoms with Crippen LogP contribution in [-0.4, -0.2) is 49.7 Å². The Morgan fingerprint density at radius 1 is 1.50 bits per heavy atom. The molecule has 2 unspecified atom stereocenters. The van der Waals surface area contributed by atoms with Crippen molar-refractivity contribution in [2.24, 2.45) is 0 Å². The minimum Gasteiger partial charge on any atom is -0.313 e. The van der Waals surface area contributed by atoms with Gasteiger partial charge < -0.3 is 15.5 Å². The summed E-state index contributed by atoms with van der Waals surface area (Å²) in [6.07, 6.45) is 1.29. The fourth-order valence-corrected chi connectivity index (χ4v) is 2.49. The van der Waals surface area contributed by atoms with Gasteiger partial charge >= 0.3 is 0 Å². The molecule has 2 aliphatic rings. The third-order valence-corrected chi connectivity index (χ3v) is 3.01. The predicted octanol–water partition coefficient (Wildman–Crippen LogP) is -0.358. The summed E-state index contributed by atoms with van der Waals surface area (Å²) in [5, 5.41) is 7.22. The molecule has 12 heavy (non-hydrogen) atoms. The van der Waals surface area contributed by atoms with E-state index in [1.54, 1.807) is 0 Å². The highest BCUT2D eigenvalue weighted by Crippen LogP contribution is 2.21. The zero-order valence-corrected chi connectivity index (χ0v) is 8.06. The van der Waals surface area contributed by atoms with Crippen molar-refractivity contribution in [2.45, 2.75) is 24.9 Å². The number of hydrogen-bond donors (Lipinski definition) is 2. The minimum atomic E-state index is 0.381. The van der Waals surface area contributed by atoms with Crippen molar-refractivity contribution in [1.82, 2.24) is 15.5 Å². The van der Waals surface area contributed by atoms with Gasteiger partial charge in [0.25, 0.3) is 0 Å². The third-order valence-electron chi connectivity index (χ3n) is 3.01. The van der Waals surface area contributed by atoms with Crippen LogP contribution in [0.15, 0.2) is 0 Å². The molecular weight excluding hydrogens is 150 g/mol. The van der Waals surface area contributed by atoms with Crippen LogP contribution in [0.2, 0.25) is 0 Å². The number of likely N-dealkylation sites (N-methyl/N-ethyl adjacent to an activating group) is 1. The molecule has 2 fully saturated rings. The molecule has 2 heterocycles. The summed E-state index contributed by atoms with van der Waals surface area (Å²) < 4.78 is 0. The Hall–Kier alpha value is -0.120. The van der Waals surface area contributed by atoms with Crippen molar-refractivity contribution in [3.63, 3.8) is 0 Å². The van der Waals surface area contributed by atoms with Gasteiger partial charge in [-0.1, -0.05) is 0 Å². The Bertz CT molecular complexity index is 167. The Labute approximate surface area is 74.5 Å². The van der Waals surface area contributed by atoms with E-state index in [4.69, 9.17) is 0 Å². The highest BCUT2D eigenvalue weighted by atomic mass is 15.2. The number of nitrogens with zero attached hydrogens (tertiary/aromatic N) is 1. The number of piperazine rings is 1. The standard InChI is InChI=1S/C9H19N3/c1-8-5-10-6-9(11-8)3-4-12(2)7-9/h8,10-11H,3-7H2,1-2H3. The minimum absolute atomic E-state index is 0.381. The van der Waals surface area contributed by atoms with Gasteiger partial charge in [-0.05, 0) is 26.9 Å². The van der Waals surface area contributed by atoms with Crippen LogP contribution >= 0.6 is 0 Å². The Balaban J connectivity index is 2.00. The lowest BCUT2D eigenvalue weighted by Crippen LogP contribution is -2.63. The second-order valence-electron chi connectivity index (χ2n) is 4.44. The van der Waals surface area contributed by atoms with Crippen LogP contribution in [0.1, 0.15) is 13.3 Å². The van der Waals surface area contributed by atoms with Crippen LogP contribution < -0.4 is 10.6 Å². The van der Waals surface area contributed by atoms with Crippen LogP contribution in [0.4, 0.5) is 0 Å². The lowest BCUT2D eigenvalue weighted by molar-refractivity contribution is 0.232. The fourth-order valence-electron chi connectivity index (χ4n) is 2.49. The number of rotatable bonds is 0. The average Bonchev–Trinajstić information content (AvgIpc) is 2.32. The monoisotopic (exact) mass is 169 g/mol. The zero-order chi connectivity index (χ0) is 8.60. The molecule has 1 spiro atoms. The molecule has 0 aromatic carbocycles. The smallest absolute Gasteiger partial charge is 0.0449 e. The molecule has 0 aliphatic carbocycles. The summed E-state index contributed by atoms with van der Waals surface area (Å²) in [6, 6.07) is 0.630. The fraction of sp³-hybridized carbons (Fsp3) is 1.00. The SMILES string of the molecule is CC1CNCC2(CCN(C)C2)N1. The van der Waals surface area contributed by atoms with Crippen LogP contribution in [-0.2, 0) is 0 Å². The molecule has 2 rings (SSSR count).